The van der Waals surface area contributed by atoms with E-state index in [0.29, 0.717) is 12.3 Å². The Balaban J connectivity index is 1.32. The molecule has 1 N–H and O–H groups in total. The van der Waals surface area contributed by atoms with Gasteiger partial charge in [-0.3, -0.25) is 4.79 Å². The number of hydrogen-bond acceptors (Lipinski definition) is 4. The van der Waals surface area contributed by atoms with Crippen LogP contribution in [0.25, 0.3) is 22.6 Å². The van der Waals surface area contributed by atoms with Crippen molar-refractivity contribution in [3.8, 4) is 11.5 Å². The van der Waals surface area contributed by atoms with Crippen LogP contribution in [0.15, 0.2) is 82.1 Å². The lowest BCUT2D eigenvalue weighted by atomic mass is 10.2. The number of para-hydroxylation sites is 2. The van der Waals surface area contributed by atoms with Gasteiger partial charge in [-0.15, -0.1) is 11.8 Å². The summed E-state index contributed by atoms with van der Waals surface area (Å²) in [6.45, 7) is 2.07. The summed E-state index contributed by atoms with van der Waals surface area (Å²) in [6, 6.07) is 23.6. The van der Waals surface area contributed by atoms with E-state index in [4.69, 9.17) is 4.42 Å². The Morgan fingerprint density at radius 2 is 1.75 bits per heavy atom. The van der Waals surface area contributed by atoms with Gasteiger partial charge >= 0.3 is 0 Å². The molecule has 140 valence electrons. The molecular weight excluding hydrogens is 368 g/mol. The first kappa shape index (κ1) is 18.3. The second-order valence-electron chi connectivity index (χ2n) is 6.52. The molecule has 4 aromatic rings. The smallest absolute Gasteiger partial charge is 0.227 e. The number of benzene rings is 3. The number of hydrogen-bond donors (Lipinski definition) is 1. The molecule has 0 bridgehead atoms. The molecule has 0 radical (unpaired) electrons. The highest BCUT2D eigenvalue weighted by Gasteiger charge is 2.08. The van der Waals surface area contributed by atoms with Gasteiger partial charge in [0.05, 0.1) is 0 Å². The van der Waals surface area contributed by atoms with Crippen LogP contribution in [0.4, 0.5) is 5.69 Å². The van der Waals surface area contributed by atoms with Crippen molar-refractivity contribution < 1.29 is 9.21 Å². The van der Waals surface area contributed by atoms with E-state index in [1.165, 1.54) is 10.5 Å². The van der Waals surface area contributed by atoms with E-state index in [0.717, 1.165) is 28.1 Å². The highest BCUT2D eigenvalue weighted by Crippen LogP contribution is 2.25. The number of thioether (sulfide) groups is 1. The fraction of sp³-hybridized carbons (Fsp3) is 0.130. The third-order valence-corrected chi connectivity index (χ3v) is 5.34. The average Bonchev–Trinajstić information content (AvgIpc) is 3.14. The van der Waals surface area contributed by atoms with Crippen molar-refractivity contribution in [1.82, 2.24) is 4.98 Å². The molecule has 0 saturated carbocycles. The molecule has 4 rings (SSSR count). The molecule has 0 fully saturated rings. The summed E-state index contributed by atoms with van der Waals surface area (Å²) in [5, 5.41) is 2.94. The van der Waals surface area contributed by atoms with E-state index >= 15 is 0 Å². The van der Waals surface area contributed by atoms with Crippen molar-refractivity contribution in [2.75, 3.05) is 11.1 Å². The van der Waals surface area contributed by atoms with Gasteiger partial charge in [0.1, 0.15) is 5.52 Å². The van der Waals surface area contributed by atoms with Crippen molar-refractivity contribution in [3.05, 3.63) is 78.4 Å². The molecule has 0 aliphatic rings. The maximum Gasteiger partial charge on any atom is 0.227 e. The summed E-state index contributed by atoms with van der Waals surface area (Å²) in [6.07, 6.45) is 0.464. The molecule has 0 aliphatic heterocycles. The van der Waals surface area contributed by atoms with Crippen molar-refractivity contribution >= 4 is 34.5 Å². The molecule has 4 nitrogen and oxygen atoms in total. The number of nitrogens with zero attached hydrogens (tertiary/aromatic N) is 1. The number of oxazole rings is 1. The van der Waals surface area contributed by atoms with E-state index in [1.54, 1.807) is 11.8 Å². The molecule has 5 heteroatoms. The first-order valence-corrected chi connectivity index (χ1v) is 10.1. The fourth-order valence-corrected chi connectivity index (χ4v) is 3.66. The predicted octanol–water partition coefficient (Wildman–Crippen LogP) is 5.92. The lowest BCUT2D eigenvalue weighted by Gasteiger charge is -2.06. The summed E-state index contributed by atoms with van der Waals surface area (Å²) in [5.74, 6) is 1.33. The number of anilines is 1. The van der Waals surface area contributed by atoms with Crippen LogP contribution >= 0.6 is 11.8 Å². The zero-order chi connectivity index (χ0) is 19.3. The monoisotopic (exact) mass is 388 g/mol. The average molecular weight is 388 g/mol. The Labute approximate surface area is 168 Å². The maximum absolute atomic E-state index is 12.2. The highest BCUT2D eigenvalue weighted by atomic mass is 32.2. The molecular formula is C23H20N2O2S. The Kier molecular flexibility index (Phi) is 5.44. The third kappa shape index (κ3) is 4.43. The predicted molar refractivity (Wildman–Crippen MR) is 115 cm³/mol. The number of nitrogens with one attached hydrogen (secondary N) is 1. The van der Waals surface area contributed by atoms with Crippen LogP contribution in [-0.2, 0) is 4.79 Å². The number of fused-ring (bicyclic) bond motifs is 1. The minimum absolute atomic E-state index is 0.00854. The van der Waals surface area contributed by atoms with Gasteiger partial charge in [-0.1, -0.05) is 29.8 Å². The van der Waals surface area contributed by atoms with Crippen molar-refractivity contribution in [2.24, 2.45) is 0 Å². The molecule has 0 spiro atoms. The minimum atomic E-state index is 0.00854. The summed E-state index contributed by atoms with van der Waals surface area (Å²) in [5.41, 5.74) is 4.49. The van der Waals surface area contributed by atoms with Crippen molar-refractivity contribution in [2.45, 2.75) is 18.2 Å². The van der Waals surface area contributed by atoms with Crippen LogP contribution in [0, 0.1) is 6.92 Å². The molecule has 0 unspecified atom stereocenters. The highest BCUT2D eigenvalue weighted by molar-refractivity contribution is 7.99. The van der Waals surface area contributed by atoms with Gasteiger partial charge in [-0.25, -0.2) is 4.98 Å². The Morgan fingerprint density at radius 1 is 1.00 bits per heavy atom. The van der Waals surface area contributed by atoms with Gasteiger partial charge in [0, 0.05) is 28.3 Å². The van der Waals surface area contributed by atoms with Gasteiger partial charge in [0.2, 0.25) is 11.8 Å². The first-order chi connectivity index (χ1) is 13.7. The summed E-state index contributed by atoms with van der Waals surface area (Å²) in [7, 11) is 0. The summed E-state index contributed by atoms with van der Waals surface area (Å²) >= 11 is 1.69. The largest absolute Gasteiger partial charge is 0.436 e. The first-order valence-electron chi connectivity index (χ1n) is 9.13. The molecule has 1 heterocycles. The number of carbonyl (C=O) groups excluding carboxylic acids is 1. The van der Waals surface area contributed by atoms with Crippen LogP contribution in [-0.4, -0.2) is 16.6 Å². The van der Waals surface area contributed by atoms with E-state index in [2.05, 4.69) is 41.5 Å². The van der Waals surface area contributed by atoms with Gasteiger partial charge < -0.3 is 9.73 Å². The van der Waals surface area contributed by atoms with Crippen LogP contribution in [0.3, 0.4) is 0 Å². The van der Waals surface area contributed by atoms with E-state index in [-0.39, 0.29) is 5.91 Å². The third-order valence-electron chi connectivity index (χ3n) is 4.33. The normalized spacial score (nSPS) is 10.9. The number of aryl methyl sites for hydroxylation is 1. The van der Waals surface area contributed by atoms with Crippen molar-refractivity contribution in [1.29, 1.82) is 0 Å². The van der Waals surface area contributed by atoms with Crippen LogP contribution < -0.4 is 5.32 Å². The second kappa shape index (κ2) is 8.31. The quantitative estimate of drug-likeness (QED) is 0.416. The zero-order valence-corrected chi connectivity index (χ0v) is 16.3. The lowest BCUT2D eigenvalue weighted by Crippen LogP contribution is -2.12. The topological polar surface area (TPSA) is 55.1 Å². The van der Waals surface area contributed by atoms with Gasteiger partial charge in [-0.05, 0) is 55.5 Å². The Hall–Kier alpha value is -3.05. The molecule has 0 aliphatic carbocycles. The van der Waals surface area contributed by atoms with E-state index in [1.807, 2.05) is 48.5 Å². The van der Waals surface area contributed by atoms with E-state index in [9.17, 15) is 4.79 Å². The molecule has 0 atom stereocenters. The minimum Gasteiger partial charge on any atom is -0.436 e. The Bertz CT molecular complexity index is 1050. The zero-order valence-electron chi connectivity index (χ0n) is 15.5. The van der Waals surface area contributed by atoms with Gasteiger partial charge in [-0.2, -0.15) is 0 Å². The molecule has 1 amide bonds. The molecule has 28 heavy (non-hydrogen) atoms. The number of carbonyl (C=O) groups is 1. The fourth-order valence-electron chi connectivity index (χ4n) is 2.81. The molecule has 3 aromatic carbocycles. The van der Waals surface area contributed by atoms with Gasteiger partial charge in [0.25, 0.3) is 0 Å². The van der Waals surface area contributed by atoms with E-state index < -0.39 is 0 Å². The number of rotatable bonds is 6. The molecule has 0 saturated heterocycles. The Morgan fingerprint density at radius 3 is 2.50 bits per heavy atom. The van der Waals surface area contributed by atoms with Gasteiger partial charge in [0.15, 0.2) is 5.58 Å². The molecule has 1 aromatic heterocycles. The SMILES string of the molecule is Cc1ccc(SCCC(=O)Nc2ccc(-c3nc4ccccc4o3)cc2)cc1. The maximum atomic E-state index is 12.2. The number of aromatic nitrogens is 1. The summed E-state index contributed by atoms with van der Waals surface area (Å²) in [4.78, 5) is 17.8. The van der Waals surface area contributed by atoms with Crippen LogP contribution in [0.5, 0.6) is 0 Å². The van der Waals surface area contributed by atoms with Crippen LogP contribution in [0.2, 0.25) is 0 Å². The second-order valence-corrected chi connectivity index (χ2v) is 7.69. The van der Waals surface area contributed by atoms with Crippen molar-refractivity contribution in [3.63, 3.8) is 0 Å². The van der Waals surface area contributed by atoms with Crippen LogP contribution in [0.1, 0.15) is 12.0 Å². The summed E-state index contributed by atoms with van der Waals surface area (Å²) < 4.78 is 5.78. The standard InChI is InChI=1S/C23H20N2O2S/c1-16-6-12-19(13-7-16)28-15-14-22(26)24-18-10-8-17(9-11-18)23-25-20-4-2-3-5-21(20)27-23/h2-13H,14-15H2,1H3,(H,24,26). The lowest BCUT2D eigenvalue weighted by molar-refractivity contribution is -0.115. The number of amides is 1.